The number of amides is 1. The number of carbonyl (C=O) groups is 1. The van der Waals surface area contributed by atoms with Crippen LogP contribution in [0, 0.1) is 13.8 Å². The number of nitrogens with zero attached hydrogens (tertiary/aromatic N) is 1. The Labute approximate surface area is 117 Å². The Morgan fingerprint density at radius 1 is 1.32 bits per heavy atom. The highest BCUT2D eigenvalue weighted by atomic mass is 35.5. The van der Waals surface area contributed by atoms with Crippen molar-refractivity contribution in [1.29, 1.82) is 0 Å². The van der Waals surface area contributed by atoms with Gasteiger partial charge in [0.25, 0.3) is 5.91 Å². The Morgan fingerprint density at radius 2 is 2.11 bits per heavy atom. The van der Waals surface area contributed by atoms with Crippen molar-refractivity contribution in [2.45, 2.75) is 20.4 Å². The SMILES string of the molecule is Cc1cccc(CNC(=O)c2cnc(C)cc2Cl)c1. The number of aryl methyl sites for hydroxylation is 2. The van der Waals surface area contributed by atoms with Crippen LogP contribution < -0.4 is 5.32 Å². The van der Waals surface area contributed by atoms with Crippen LogP contribution in [0.2, 0.25) is 5.02 Å². The Balaban J connectivity index is 2.05. The molecule has 2 aromatic rings. The van der Waals surface area contributed by atoms with Gasteiger partial charge in [-0.05, 0) is 25.5 Å². The second-order valence-corrected chi connectivity index (χ2v) is 4.88. The number of nitrogens with one attached hydrogen (secondary N) is 1. The molecule has 2 rings (SSSR count). The van der Waals surface area contributed by atoms with Crippen LogP contribution >= 0.6 is 11.6 Å². The van der Waals surface area contributed by atoms with Crippen LogP contribution in [-0.2, 0) is 6.54 Å². The van der Waals surface area contributed by atoms with Crippen molar-refractivity contribution in [2.24, 2.45) is 0 Å². The van der Waals surface area contributed by atoms with E-state index in [2.05, 4.69) is 10.3 Å². The summed E-state index contributed by atoms with van der Waals surface area (Å²) in [5.74, 6) is -0.209. The lowest BCUT2D eigenvalue weighted by atomic mass is 10.1. The fourth-order valence-corrected chi connectivity index (χ4v) is 2.09. The van der Waals surface area contributed by atoms with Crippen molar-refractivity contribution in [3.8, 4) is 0 Å². The molecular formula is C15H15ClN2O. The lowest BCUT2D eigenvalue weighted by Crippen LogP contribution is -2.23. The molecule has 19 heavy (non-hydrogen) atoms. The summed E-state index contributed by atoms with van der Waals surface area (Å²) in [6.45, 7) is 4.33. The zero-order chi connectivity index (χ0) is 13.8. The molecule has 4 heteroatoms. The first-order chi connectivity index (χ1) is 9.06. The van der Waals surface area contributed by atoms with E-state index < -0.39 is 0 Å². The van der Waals surface area contributed by atoms with Crippen molar-refractivity contribution in [3.63, 3.8) is 0 Å². The molecule has 0 fully saturated rings. The number of aromatic nitrogens is 1. The van der Waals surface area contributed by atoms with Gasteiger partial charge in [0.15, 0.2) is 0 Å². The summed E-state index contributed by atoms with van der Waals surface area (Å²) in [5.41, 5.74) is 3.42. The highest BCUT2D eigenvalue weighted by Crippen LogP contribution is 2.15. The summed E-state index contributed by atoms with van der Waals surface area (Å²) in [4.78, 5) is 16.1. The zero-order valence-corrected chi connectivity index (χ0v) is 11.7. The third-order valence-electron chi connectivity index (χ3n) is 2.77. The maximum atomic E-state index is 12.0. The molecule has 0 aliphatic heterocycles. The monoisotopic (exact) mass is 274 g/mol. The Kier molecular flexibility index (Phi) is 4.17. The Hall–Kier alpha value is -1.87. The molecule has 0 aliphatic carbocycles. The molecule has 3 nitrogen and oxygen atoms in total. The first kappa shape index (κ1) is 13.6. The fraction of sp³-hybridized carbons (Fsp3) is 0.200. The molecule has 0 radical (unpaired) electrons. The van der Waals surface area contributed by atoms with E-state index in [4.69, 9.17) is 11.6 Å². The van der Waals surface area contributed by atoms with Gasteiger partial charge in [0, 0.05) is 18.4 Å². The number of pyridine rings is 1. The first-order valence-electron chi connectivity index (χ1n) is 6.02. The molecule has 0 saturated heterocycles. The minimum absolute atomic E-state index is 0.209. The summed E-state index contributed by atoms with van der Waals surface area (Å²) in [6, 6.07) is 9.68. The van der Waals surface area contributed by atoms with Crippen molar-refractivity contribution in [2.75, 3.05) is 0 Å². The van der Waals surface area contributed by atoms with E-state index in [9.17, 15) is 4.79 Å². The predicted molar refractivity (Wildman–Crippen MR) is 76.3 cm³/mol. The Bertz CT molecular complexity index is 611. The van der Waals surface area contributed by atoms with E-state index in [0.29, 0.717) is 17.1 Å². The minimum atomic E-state index is -0.209. The van der Waals surface area contributed by atoms with Crippen LogP contribution in [0.1, 0.15) is 27.2 Å². The smallest absolute Gasteiger partial charge is 0.254 e. The molecule has 0 aliphatic rings. The van der Waals surface area contributed by atoms with Crippen LogP contribution in [0.3, 0.4) is 0 Å². The molecule has 0 bridgehead atoms. The quantitative estimate of drug-likeness (QED) is 0.933. The van der Waals surface area contributed by atoms with Crippen LogP contribution in [-0.4, -0.2) is 10.9 Å². The van der Waals surface area contributed by atoms with Crippen LogP contribution in [0.4, 0.5) is 0 Å². The maximum Gasteiger partial charge on any atom is 0.254 e. The average Bonchev–Trinajstić information content (AvgIpc) is 2.36. The first-order valence-corrected chi connectivity index (χ1v) is 6.40. The van der Waals surface area contributed by atoms with Gasteiger partial charge in [-0.15, -0.1) is 0 Å². The van der Waals surface area contributed by atoms with Crippen molar-refractivity contribution in [3.05, 3.63) is 63.9 Å². The highest BCUT2D eigenvalue weighted by Gasteiger charge is 2.10. The van der Waals surface area contributed by atoms with Gasteiger partial charge in [0.2, 0.25) is 0 Å². The topological polar surface area (TPSA) is 42.0 Å². The van der Waals surface area contributed by atoms with Gasteiger partial charge >= 0.3 is 0 Å². The molecule has 1 amide bonds. The summed E-state index contributed by atoms with van der Waals surface area (Å²) in [5, 5.41) is 3.26. The van der Waals surface area contributed by atoms with E-state index in [-0.39, 0.29) is 5.91 Å². The van der Waals surface area contributed by atoms with Gasteiger partial charge in [-0.25, -0.2) is 0 Å². The van der Waals surface area contributed by atoms with Crippen molar-refractivity contribution in [1.82, 2.24) is 10.3 Å². The van der Waals surface area contributed by atoms with E-state index in [0.717, 1.165) is 11.3 Å². The van der Waals surface area contributed by atoms with Gasteiger partial charge in [0.05, 0.1) is 10.6 Å². The number of carbonyl (C=O) groups excluding carboxylic acids is 1. The number of rotatable bonds is 3. The van der Waals surface area contributed by atoms with Gasteiger partial charge in [-0.3, -0.25) is 9.78 Å². The summed E-state index contributed by atoms with van der Waals surface area (Å²) >= 11 is 6.03. The second kappa shape index (κ2) is 5.85. The summed E-state index contributed by atoms with van der Waals surface area (Å²) < 4.78 is 0. The second-order valence-electron chi connectivity index (χ2n) is 4.48. The minimum Gasteiger partial charge on any atom is -0.348 e. The standard InChI is InChI=1S/C15H15ClN2O/c1-10-4-3-5-12(6-10)8-18-15(19)13-9-17-11(2)7-14(13)16/h3-7,9H,8H2,1-2H3,(H,18,19). The molecule has 0 atom stereocenters. The zero-order valence-electron chi connectivity index (χ0n) is 10.9. The summed E-state index contributed by atoms with van der Waals surface area (Å²) in [7, 11) is 0. The summed E-state index contributed by atoms with van der Waals surface area (Å²) in [6.07, 6.45) is 1.50. The third-order valence-corrected chi connectivity index (χ3v) is 3.08. The molecule has 1 N–H and O–H groups in total. The van der Waals surface area contributed by atoms with Crippen LogP contribution in [0.15, 0.2) is 36.5 Å². The predicted octanol–water partition coefficient (Wildman–Crippen LogP) is 3.28. The van der Waals surface area contributed by atoms with E-state index in [1.807, 2.05) is 38.1 Å². The van der Waals surface area contributed by atoms with Crippen LogP contribution in [0.5, 0.6) is 0 Å². The van der Waals surface area contributed by atoms with Crippen molar-refractivity contribution >= 4 is 17.5 Å². The largest absolute Gasteiger partial charge is 0.348 e. The number of halogens is 1. The van der Waals surface area contributed by atoms with Crippen LogP contribution in [0.25, 0.3) is 0 Å². The number of hydrogen-bond donors (Lipinski definition) is 1. The Morgan fingerprint density at radius 3 is 2.79 bits per heavy atom. The average molecular weight is 275 g/mol. The maximum absolute atomic E-state index is 12.0. The number of benzene rings is 1. The molecule has 0 spiro atoms. The van der Waals surface area contributed by atoms with Gasteiger partial charge < -0.3 is 5.32 Å². The molecular weight excluding hydrogens is 260 g/mol. The van der Waals surface area contributed by atoms with Gasteiger partial charge in [0.1, 0.15) is 0 Å². The molecule has 1 aromatic heterocycles. The molecule has 0 saturated carbocycles. The third kappa shape index (κ3) is 3.55. The normalized spacial score (nSPS) is 10.3. The lowest BCUT2D eigenvalue weighted by Gasteiger charge is -2.07. The van der Waals surface area contributed by atoms with E-state index >= 15 is 0 Å². The lowest BCUT2D eigenvalue weighted by molar-refractivity contribution is 0.0950. The van der Waals surface area contributed by atoms with E-state index in [1.54, 1.807) is 6.07 Å². The van der Waals surface area contributed by atoms with Gasteiger partial charge in [-0.2, -0.15) is 0 Å². The van der Waals surface area contributed by atoms with Crippen molar-refractivity contribution < 1.29 is 4.79 Å². The number of hydrogen-bond acceptors (Lipinski definition) is 2. The molecule has 1 aromatic carbocycles. The molecule has 0 unspecified atom stereocenters. The van der Waals surface area contributed by atoms with Gasteiger partial charge in [-0.1, -0.05) is 41.4 Å². The molecule has 1 heterocycles. The highest BCUT2D eigenvalue weighted by molar-refractivity contribution is 6.33. The van der Waals surface area contributed by atoms with E-state index in [1.165, 1.54) is 11.8 Å². The fourth-order valence-electron chi connectivity index (χ4n) is 1.79. The molecule has 98 valence electrons.